The molecular weight excluding hydrogens is 312 g/mol. The number of nitro benzene ring substituents is 1. The molecule has 0 spiro atoms. The van der Waals surface area contributed by atoms with Crippen LogP contribution in [0.3, 0.4) is 0 Å². The van der Waals surface area contributed by atoms with Crippen LogP contribution in [0.4, 0.5) is 11.4 Å². The van der Waals surface area contributed by atoms with E-state index in [1.165, 1.54) is 11.3 Å². The van der Waals surface area contributed by atoms with Gasteiger partial charge in [0.05, 0.1) is 4.92 Å². The van der Waals surface area contributed by atoms with Crippen LogP contribution in [0.2, 0.25) is 0 Å². The van der Waals surface area contributed by atoms with E-state index in [-0.39, 0.29) is 10.6 Å². The first-order valence-corrected chi connectivity index (χ1v) is 8.92. The molecule has 0 aliphatic rings. The molecule has 0 atom stereocenters. The quantitative estimate of drug-likeness (QED) is 0.474. The first-order chi connectivity index (χ1) is 11.8. The van der Waals surface area contributed by atoms with Crippen LogP contribution in [-0.2, 0) is 13.0 Å². The minimum Gasteiger partial charge on any atom is -0.367 e. The number of nitro groups is 1. The third-order valence-corrected chi connectivity index (χ3v) is 4.05. The van der Waals surface area contributed by atoms with E-state index in [9.17, 15) is 10.1 Å². The topological polar surface area (TPSA) is 46.4 Å². The van der Waals surface area contributed by atoms with Crippen molar-refractivity contribution in [3.63, 3.8) is 0 Å². The fraction of sp³-hybridized carbons (Fsp3) is 0.429. The Kier molecular flexibility index (Phi) is 6.57. The summed E-state index contributed by atoms with van der Waals surface area (Å²) in [5.74, 6) is 1.19. The van der Waals surface area contributed by atoms with Gasteiger partial charge in [0.15, 0.2) is 0 Å². The zero-order valence-corrected chi connectivity index (χ0v) is 15.6. The molecule has 25 heavy (non-hydrogen) atoms. The van der Waals surface area contributed by atoms with Gasteiger partial charge in [0.2, 0.25) is 0 Å². The van der Waals surface area contributed by atoms with E-state index < -0.39 is 0 Å². The molecule has 0 N–H and O–H groups in total. The van der Waals surface area contributed by atoms with E-state index in [1.807, 2.05) is 12.1 Å². The van der Waals surface area contributed by atoms with Crippen LogP contribution < -0.4 is 4.90 Å². The smallest absolute Gasteiger partial charge is 0.269 e. The van der Waals surface area contributed by atoms with Crippen molar-refractivity contribution in [3.8, 4) is 0 Å². The highest BCUT2D eigenvalue weighted by atomic mass is 16.6. The normalized spacial score (nSPS) is 11.1. The van der Waals surface area contributed by atoms with E-state index in [0.29, 0.717) is 11.8 Å². The lowest BCUT2D eigenvalue weighted by Crippen LogP contribution is -2.27. The molecule has 0 radical (unpaired) electrons. The van der Waals surface area contributed by atoms with Crippen molar-refractivity contribution in [2.75, 3.05) is 11.4 Å². The van der Waals surface area contributed by atoms with Crippen molar-refractivity contribution in [2.45, 2.75) is 40.7 Å². The average molecular weight is 340 g/mol. The van der Waals surface area contributed by atoms with Gasteiger partial charge < -0.3 is 4.90 Å². The molecule has 2 rings (SSSR count). The molecule has 0 aliphatic heterocycles. The summed E-state index contributed by atoms with van der Waals surface area (Å²) in [7, 11) is 0. The maximum atomic E-state index is 10.8. The van der Waals surface area contributed by atoms with Gasteiger partial charge >= 0.3 is 0 Å². The van der Waals surface area contributed by atoms with Crippen LogP contribution in [0, 0.1) is 22.0 Å². The van der Waals surface area contributed by atoms with E-state index in [2.05, 4.69) is 56.9 Å². The Hall–Kier alpha value is -2.36. The highest BCUT2D eigenvalue weighted by Crippen LogP contribution is 2.22. The van der Waals surface area contributed by atoms with E-state index >= 15 is 0 Å². The fourth-order valence-electron chi connectivity index (χ4n) is 2.96. The zero-order valence-electron chi connectivity index (χ0n) is 15.6. The number of benzene rings is 2. The third kappa shape index (κ3) is 5.89. The Bertz CT molecular complexity index is 676. The summed E-state index contributed by atoms with van der Waals surface area (Å²) in [5, 5.41) is 10.8. The maximum Gasteiger partial charge on any atom is 0.269 e. The zero-order chi connectivity index (χ0) is 18.4. The molecule has 4 heteroatoms. The van der Waals surface area contributed by atoms with E-state index in [4.69, 9.17) is 0 Å². The summed E-state index contributed by atoms with van der Waals surface area (Å²) < 4.78 is 0. The monoisotopic (exact) mass is 340 g/mol. The molecule has 0 aliphatic carbocycles. The second-order valence-corrected chi connectivity index (χ2v) is 7.46. The first-order valence-electron chi connectivity index (χ1n) is 8.92. The van der Waals surface area contributed by atoms with Gasteiger partial charge in [-0.15, -0.1) is 0 Å². The molecule has 0 heterocycles. The van der Waals surface area contributed by atoms with Gasteiger partial charge in [-0.25, -0.2) is 0 Å². The molecule has 0 fully saturated rings. The second-order valence-electron chi connectivity index (χ2n) is 7.46. The summed E-state index contributed by atoms with van der Waals surface area (Å²) in [5.41, 5.74) is 3.77. The average Bonchev–Trinajstić information content (AvgIpc) is 2.54. The minimum absolute atomic E-state index is 0.136. The van der Waals surface area contributed by atoms with Crippen LogP contribution in [0.1, 0.15) is 38.8 Å². The standard InChI is InChI=1S/C21H28N2O2/c1-16(2)13-18-5-9-20(10-6-18)22(14-17(3)4)15-19-7-11-21(12-8-19)23(24)25/h5-12,16-17H,13-15H2,1-4H3. The number of nitrogens with zero attached hydrogens (tertiary/aromatic N) is 2. The van der Waals surface area contributed by atoms with Gasteiger partial charge in [-0.2, -0.15) is 0 Å². The van der Waals surface area contributed by atoms with Crippen molar-refractivity contribution in [1.29, 1.82) is 0 Å². The number of hydrogen-bond acceptors (Lipinski definition) is 3. The van der Waals surface area contributed by atoms with Gasteiger partial charge in [-0.3, -0.25) is 10.1 Å². The Labute approximate surface area is 150 Å². The lowest BCUT2D eigenvalue weighted by atomic mass is 10.0. The molecule has 0 saturated heterocycles. The lowest BCUT2D eigenvalue weighted by molar-refractivity contribution is -0.384. The van der Waals surface area contributed by atoms with Gasteiger partial charge in [-0.05, 0) is 41.5 Å². The van der Waals surface area contributed by atoms with Crippen molar-refractivity contribution in [1.82, 2.24) is 0 Å². The van der Waals surface area contributed by atoms with Gasteiger partial charge in [-0.1, -0.05) is 52.0 Å². The molecule has 4 nitrogen and oxygen atoms in total. The fourth-order valence-corrected chi connectivity index (χ4v) is 2.96. The number of hydrogen-bond donors (Lipinski definition) is 0. The van der Waals surface area contributed by atoms with Gasteiger partial charge in [0.25, 0.3) is 5.69 Å². The molecule has 2 aromatic rings. The third-order valence-electron chi connectivity index (χ3n) is 4.05. The van der Waals surface area contributed by atoms with Gasteiger partial charge in [0.1, 0.15) is 0 Å². The Morgan fingerprint density at radius 1 is 0.880 bits per heavy atom. The van der Waals surface area contributed by atoms with E-state index in [1.54, 1.807) is 12.1 Å². The SMILES string of the molecule is CC(C)Cc1ccc(N(Cc2ccc([N+](=O)[O-])cc2)CC(C)C)cc1. The highest BCUT2D eigenvalue weighted by Gasteiger charge is 2.11. The number of rotatable bonds is 8. The summed E-state index contributed by atoms with van der Waals surface area (Å²) in [6.07, 6.45) is 1.09. The summed E-state index contributed by atoms with van der Waals surface area (Å²) in [6.45, 7) is 10.6. The Balaban J connectivity index is 2.16. The van der Waals surface area contributed by atoms with Gasteiger partial charge in [0, 0.05) is 30.9 Å². The van der Waals surface area contributed by atoms with Crippen molar-refractivity contribution < 1.29 is 4.92 Å². The van der Waals surface area contributed by atoms with Crippen LogP contribution in [0.5, 0.6) is 0 Å². The largest absolute Gasteiger partial charge is 0.367 e. The highest BCUT2D eigenvalue weighted by molar-refractivity contribution is 5.48. The van der Waals surface area contributed by atoms with Crippen LogP contribution in [-0.4, -0.2) is 11.5 Å². The molecule has 0 saturated carbocycles. The molecule has 0 unspecified atom stereocenters. The predicted molar refractivity (Wildman–Crippen MR) is 104 cm³/mol. The summed E-state index contributed by atoms with van der Waals surface area (Å²) in [4.78, 5) is 12.8. The lowest BCUT2D eigenvalue weighted by Gasteiger charge is -2.27. The van der Waals surface area contributed by atoms with Crippen LogP contribution in [0.15, 0.2) is 48.5 Å². The molecule has 0 bridgehead atoms. The van der Waals surface area contributed by atoms with Crippen LogP contribution in [0.25, 0.3) is 0 Å². The molecular formula is C21H28N2O2. The summed E-state index contributed by atoms with van der Waals surface area (Å²) >= 11 is 0. The predicted octanol–water partition coefficient (Wildman–Crippen LogP) is 5.46. The minimum atomic E-state index is -0.358. The van der Waals surface area contributed by atoms with Crippen molar-refractivity contribution in [2.24, 2.45) is 11.8 Å². The summed E-state index contributed by atoms with van der Waals surface area (Å²) in [6, 6.07) is 15.6. The van der Waals surface area contributed by atoms with E-state index in [0.717, 1.165) is 25.1 Å². The molecule has 0 amide bonds. The molecule has 0 aromatic heterocycles. The molecule has 134 valence electrons. The van der Waals surface area contributed by atoms with Crippen molar-refractivity contribution >= 4 is 11.4 Å². The number of non-ortho nitro benzene ring substituents is 1. The van der Waals surface area contributed by atoms with Crippen molar-refractivity contribution in [3.05, 3.63) is 69.8 Å². The number of anilines is 1. The Morgan fingerprint density at radius 3 is 1.92 bits per heavy atom. The Morgan fingerprint density at radius 2 is 1.44 bits per heavy atom. The first kappa shape index (κ1) is 19.0. The maximum absolute atomic E-state index is 10.8. The second kappa shape index (κ2) is 8.65. The van der Waals surface area contributed by atoms with Crippen LogP contribution >= 0.6 is 0 Å². The molecule has 2 aromatic carbocycles.